The van der Waals surface area contributed by atoms with Crippen molar-refractivity contribution in [3.8, 4) is 6.07 Å². The van der Waals surface area contributed by atoms with Crippen molar-refractivity contribution in [3.05, 3.63) is 58.7 Å². The fourth-order valence-corrected chi connectivity index (χ4v) is 4.86. The van der Waals surface area contributed by atoms with Crippen molar-refractivity contribution in [2.45, 2.75) is 51.5 Å². The first-order valence-corrected chi connectivity index (χ1v) is 11.1. The zero-order chi connectivity index (χ0) is 21.5. The minimum atomic E-state index is -0.181. The minimum absolute atomic E-state index is 0.157. The molecule has 6 heteroatoms. The molecule has 3 heterocycles. The molecule has 1 unspecified atom stereocenters. The van der Waals surface area contributed by atoms with Gasteiger partial charge >= 0.3 is 0 Å². The summed E-state index contributed by atoms with van der Waals surface area (Å²) < 4.78 is 2.34. The summed E-state index contributed by atoms with van der Waals surface area (Å²) in [6.07, 6.45) is 6.08. The molecular formula is C25H27N5O. The number of carbonyl (C=O) groups excluding carboxylic acids is 1. The Morgan fingerprint density at radius 1 is 1.26 bits per heavy atom. The van der Waals surface area contributed by atoms with Gasteiger partial charge in [-0.1, -0.05) is 12.1 Å². The summed E-state index contributed by atoms with van der Waals surface area (Å²) >= 11 is 0. The number of nitriles is 1. The maximum atomic E-state index is 13.2. The molecule has 1 aromatic carbocycles. The van der Waals surface area contributed by atoms with Gasteiger partial charge in [0.05, 0.1) is 11.0 Å². The number of aromatic amines is 1. The van der Waals surface area contributed by atoms with Gasteiger partial charge in [-0.05, 0) is 69.4 Å². The molecule has 1 saturated carbocycles. The Labute approximate surface area is 182 Å². The summed E-state index contributed by atoms with van der Waals surface area (Å²) in [7, 11) is 0. The zero-order valence-corrected chi connectivity index (χ0v) is 18.1. The number of aromatic nitrogens is 3. The molecule has 0 radical (unpaired) electrons. The van der Waals surface area contributed by atoms with Crippen LogP contribution in [0.5, 0.6) is 0 Å². The van der Waals surface area contributed by atoms with Gasteiger partial charge < -0.3 is 14.5 Å². The van der Waals surface area contributed by atoms with E-state index in [1.54, 1.807) is 6.08 Å². The topological polar surface area (TPSA) is 77.7 Å². The van der Waals surface area contributed by atoms with Crippen LogP contribution in [0.15, 0.2) is 35.9 Å². The molecule has 1 saturated heterocycles. The Hall–Kier alpha value is -3.33. The summed E-state index contributed by atoms with van der Waals surface area (Å²) in [6, 6.07) is 12.8. The van der Waals surface area contributed by atoms with Crippen LogP contribution in [-0.4, -0.2) is 38.4 Å². The van der Waals surface area contributed by atoms with Crippen LogP contribution < -0.4 is 0 Å². The number of para-hydroxylation sites is 2. The van der Waals surface area contributed by atoms with Crippen molar-refractivity contribution in [2.75, 3.05) is 13.1 Å². The largest absolute Gasteiger partial charge is 0.346 e. The lowest BCUT2D eigenvalue weighted by Crippen LogP contribution is -2.40. The highest BCUT2D eigenvalue weighted by Crippen LogP contribution is 2.38. The van der Waals surface area contributed by atoms with Crippen LogP contribution in [0, 0.1) is 25.2 Å². The zero-order valence-electron chi connectivity index (χ0n) is 18.1. The van der Waals surface area contributed by atoms with E-state index in [-0.39, 0.29) is 17.4 Å². The van der Waals surface area contributed by atoms with Crippen LogP contribution in [0.1, 0.15) is 60.4 Å². The van der Waals surface area contributed by atoms with Crippen molar-refractivity contribution in [2.24, 2.45) is 0 Å². The fraction of sp³-hybridized carbons (Fsp3) is 0.400. The molecule has 2 aliphatic rings. The third kappa shape index (κ3) is 3.65. The van der Waals surface area contributed by atoms with E-state index in [4.69, 9.17) is 4.98 Å². The molecule has 2 fully saturated rings. The Morgan fingerprint density at radius 2 is 2.06 bits per heavy atom. The number of aryl methyl sites for hydroxylation is 1. The van der Waals surface area contributed by atoms with E-state index in [1.807, 2.05) is 29.2 Å². The summed E-state index contributed by atoms with van der Waals surface area (Å²) in [5.41, 5.74) is 5.48. The van der Waals surface area contributed by atoms with Gasteiger partial charge in [0.1, 0.15) is 17.5 Å². The van der Waals surface area contributed by atoms with Crippen molar-refractivity contribution >= 4 is 23.0 Å². The third-order valence-electron chi connectivity index (χ3n) is 6.59. The van der Waals surface area contributed by atoms with Gasteiger partial charge in [-0.15, -0.1) is 0 Å². The highest BCUT2D eigenvalue weighted by Gasteiger charge is 2.30. The maximum Gasteiger partial charge on any atom is 0.264 e. The number of fused-ring (bicyclic) bond motifs is 1. The molecule has 5 rings (SSSR count). The molecule has 2 aromatic heterocycles. The van der Waals surface area contributed by atoms with Gasteiger partial charge in [0, 0.05) is 36.4 Å². The summed E-state index contributed by atoms with van der Waals surface area (Å²) in [5.74, 6) is 0.902. The monoisotopic (exact) mass is 413 g/mol. The van der Waals surface area contributed by atoms with Gasteiger partial charge in [0.2, 0.25) is 0 Å². The number of hydrogen-bond acceptors (Lipinski definition) is 3. The number of rotatable bonds is 4. The number of benzene rings is 1. The summed E-state index contributed by atoms with van der Waals surface area (Å²) in [4.78, 5) is 23.2. The number of piperidine rings is 1. The molecule has 1 amide bonds. The maximum absolute atomic E-state index is 13.2. The molecule has 0 bridgehead atoms. The van der Waals surface area contributed by atoms with Gasteiger partial charge in [-0.2, -0.15) is 5.26 Å². The predicted molar refractivity (Wildman–Crippen MR) is 120 cm³/mol. The smallest absolute Gasteiger partial charge is 0.264 e. The molecule has 1 N–H and O–H groups in total. The first kappa shape index (κ1) is 19.6. The van der Waals surface area contributed by atoms with E-state index in [1.165, 1.54) is 18.5 Å². The van der Waals surface area contributed by atoms with Crippen molar-refractivity contribution < 1.29 is 4.79 Å². The van der Waals surface area contributed by atoms with E-state index in [0.29, 0.717) is 19.1 Å². The van der Waals surface area contributed by atoms with E-state index >= 15 is 0 Å². The lowest BCUT2D eigenvalue weighted by atomic mass is 9.96. The Morgan fingerprint density at radius 3 is 2.81 bits per heavy atom. The van der Waals surface area contributed by atoms with E-state index in [0.717, 1.165) is 41.0 Å². The number of hydrogen-bond donors (Lipinski definition) is 1. The molecule has 1 aliphatic heterocycles. The first-order valence-electron chi connectivity index (χ1n) is 11.1. The van der Waals surface area contributed by atoms with Crippen molar-refractivity contribution in [1.29, 1.82) is 5.26 Å². The van der Waals surface area contributed by atoms with Crippen LogP contribution in [0.25, 0.3) is 17.1 Å². The van der Waals surface area contributed by atoms with Gasteiger partial charge in [-0.3, -0.25) is 4.79 Å². The average molecular weight is 414 g/mol. The average Bonchev–Trinajstić information content (AvgIpc) is 3.45. The number of carbonyl (C=O) groups is 1. The Balaban J connectivity index is 1.37. The van der Waals surface area contributed by atoms with Crippen LogP contribution >= 0.6 is 0 Å². The first-order chi connectivity index (χ1) is 15.0. The molecular weight excluding hydrogens is 386 g/mol. The second kappa shape index (κ2) is 7.73. The van der Waals surface area contributed by atoms with Crippen LogP contribution in [0.3, 0.4) is 0 Å². The predicted octanol–water partition coefficient (Wildman–Crippen LogP) is 4.63. The second-order valence-corrected chi connectivity index (χ2v) is 8.83. The lowest BCUT2D eigenvalue weighted by molar-refractivity contribution is -0.127. The molecule has 1 aliphatic carbocycles. The summed E-state index contributed by atoms with van der Waals surface area (Å²) in [6.45, 7) is 5.43. The summed E-state index contributed by atoms with van der Waals surface area (Å²) in [5, 5.41) is 9.76. The SMILES string of the molecule is Cc1cc(/C=C(\C#N)C(=O)N2CCCC(c3nc4ccccc4[nH]3)C2)c(C)n1C1CC1. The molecule has 3 aromatic rings. The number of H-pyrrole nitrogens is 1. The van der Waals surface area contributed by atoms with Crippen molar-refractivity contribution in [3.63, 3.8) is 0 Å². The highest BCUT2D eigenvalue weighted by atomic mass is 16.2. The molecule has 158 valence electrons. The Bertz CT molecular complexity index is 1190. The van der Waals surface area contributed by atoms with Crippen molar-refractivity contribution in [1.82, 2.24) is 19.4 Å². The number of imidazole rings is 1. The minimum Gasteiger partial charge on any atom is -0.346 e. The van der Waals surface area contributed by atoms with Crippen LogP contribution in [0.2, 0.25) is 0 Å². The van der Waals surface area contributed by atoms with Gasteiger partial charge in [0.25, 0.3) is 5.91 Å². The normalized spacial score (nSPS) is 19.6. The number of nitrogens with zero attached hydrogens (tertiary/aromatic N) is 4. The quantitative estimate of drug-likeness (QED) is 0.500. The van der Waals surface area contributed by atoms with Gasteiger partial charge in [-0.25, -0.2) is 4.98 Å². The van der Waals surface area contributed by atoms with E-state index in [9.17, 15) is 10.1 Å². The third-order valence-corrected chi connectivity index (χ3v) is 6.59. The number of nitrogens with one attached hydrogen (secondary N) is 1. The number of likely N-dealkylation sites (tertiary alicyclic amines) is 1. The number of amides is 1. The molecule has 0 spiro atoms. The lowest BCUT2D eigenvalue weighted by Gasteiger charge is -2.31. The second-order valence-electron chi connectivity index (χ2n) is 8.83. The van der Waals surface area contributed by atoms with Gasteiger partial charge in [0.15, 0.2) is 0 Å². The molecule has 31 heavy (non-hydrogen) atoms. The van der Waals surface area contributed by atoms with Crippen LogP contribution in [-0.2, 0) is 4.79 Å². The molecule has 1 atom stereocenters. The standard InChI is InChI=1S/C25H27N5O/c1-16-12-19(17(2)30(16)21-9-10-21)13-20(14-26)25(31)29-11-5-6-18(15-29)24-27-22-7-3-4-8-23(22)28-24/h3-4,7-8,12-13,18,21H,5-6,9-11,15H2,1-2H3,(H,27,28)/b20-13+. The van der Waals surface area contributed by atoms with E-state index in [2.05, 4.69) is 35.5 Å². The Kier molecular flexibility index (Phi) is 4.90. The molecule has 6 nitrogen and oxygen atoms in total. The highest BCUT2D eigenvalue weighted by molar-refractivity contribution is 6.02. The fourth-order valence-electron chi connectivity index (χ4n) is 4.86. The van der Waals surface area contributed by atoms with E-state index < -0.39 is 0 Å². The van der Waals surface area contributed by atoms with Crippen LogP contribution in [0.4, 0.5) is 0 Å².